The Bertz CT molecular complexity index is 955. The van der Waals surface area contributed by atoms with Crippen molar-refractivity contribution in [3.63, 3.8) is 0 Å². The van der Waals surface area contributed by atoms with Gasteiger partial charge in [-0.3, -0.25) is 10.2 Å². The molecule has 0 spiro atoms. The number of nitriles is 1. The highest BCUT2D eigenvalue weighted by Gasteiger charge is 2.33. The first kappa shape index (κ1) is 18.2. The van der Waals surface area contributed by atoms with Crippen LogP contribution in [0.5, 0.6) is 0 Å². The van der Waals surface area contributed by atoms with E-state index in [4.69, 9.17) is 10.00 Å². The van der Waals surface area contributed by atoms with Crippen molar-refractivity contribution in [2.24, 2.45) is 5.10 Å². The fourth-order valence-corrected chi connectivity index (χ4v) is 3.78. The normalized spacial score (nSPS) is 21.1. The molecule has 0 aliphatic carbocycles. The van der Waals surface area contributed by atoms with E-state index >= 15 is 0 Å². The predicted octanol–water partition coefficient (Wildman–Crippen LogP) is 2.75. The van der Waals surface area contributed by atoms with Crippen LogP contribution in [0, 0.1) is 18.3 Å². The molecule has 2 aliphatic heterocycles. The third-order valence-corrected chi connectivity index (χ3v) is 5.58. The van der Waals surface area contributed by atoms with Crippen molar-refractivity contribution in [2.75, 3.05) is 20.2 Å². The maximum Gasteiger partial charge on any atom is 0.253 e. The number of ether oxygens (including phenoxy) is 1. The molecule has 2 heterocycles. The third kappa shape index (κ3) is 3.25. The molecule has 6 nitrogen and oxygen atoms in total. The number of methoxy groups -OCH3 is 1. The minimum Gasteiger partial charge on any atom is -0.373 e. The second-order valence-corrected chi connectivity index (χ2v) is 7.30. The number of carbonyl (C=O) groups excluding carboxylic acids is 1. The zero-order chi connectivity index (χ0) is 19.7. The van der Waals surface area contributed by atoms with Gasteiger partial charge in [-0.05, 0) is 47.9 Å². The molecular formula is C22H22N4O2. The lowest BCUT2D eigenvalue weighted by molar-refractivity contribution is 0.0602. The van der Waals surface area contributed by atoms with Gasteiger partial charge in [-0.2, -0.15) is 10.4 Å². The summed E-state index contributed by atoms with van der Waals surface area (Å²) in [7, 11) is 1.66. The molecular weight excluding hydrogens is 352 g/mol. The molecule has 1 fully saturated rings. The van der Waals surface area contributed by atoms with Crippen molar-refractivity contribution in [3.05, 3.63) is 70.3 Å². The maximum atomic E-state index is 12.9. The molecule has 6 heteroatoms. The first-order valence-electron chi connectivity index (χ1n) is 9.32. The van der Waals surface area contributed by atoms with Gasteiger partial charge in [-0.25, -0.2) is 0 Å². The van der Waals surface area contributed by atoms with Crippen LogP contribution in [0.2, 0.25) is 0 Å². The molecule has 2 aromatic carbocycles. The Hall–Kier alpha value is -3.17. The highest BCUT2D eigenvalue weighted by Crippen LogP contribution is 2.30. The number of nitrogens with one attached hydrogen (secondary N) is 1. The largest absolute Gasteiger partial charge is 0.373 e. The molecule has 1 amide bonds. The molecule has 0 radical (unpaired) electrons. The molecule has 2 aliphatic rings. The average Bonchev–Trinajstić information content (AvgIpc) is 3.16. The second-order valence-electron chi connectivity index (χ2n) is 7.30. The first-order chi connectivity index (χ1) is 13.6. The van der Waals surface area contributed by atoms with E-state index in [2.05, 4.69) is 16.6 Å². The molecule has 142 valence electrons. The summed E-state index contributed by atoms with van der Waals surface area (Å²) in [5.74, 6) is 0.364. The summed E-state index contributed by atoms with van der Waals surface area (Å²) in [5.41, 5.74) is 7.70. The van der Waals surface area contributed by atoms with E-state index in [0.29, 0.717) is 30.1 Å². The van der Waals surface area contributed by atoms with Crippen molar-refractivity contribution >= 4 is 12.1 Å². The topological polar surface area (TPSA) is 77.7 Å². The number of hydrogen-bond acceptors (Lipinski definition) is 5. The predicted molar refractivity (Wildman–Crippen MR) is 106 cm³/mol. The molecule has 28 heavy (non-hydrogen) atoms. The van der Waals surface area contributed by atoms with Crippen LogP contribution >= 0.6 is 0 Å². The standard InChI is InChI=1S/C22H22N4O2/c1-14-3-6-17(9-19(14)21-20(28-2)11-24-25-21)22(27)26-12-18(13-26)16-7-4-15(10-23)5-8-16/h3-9,11,18,20-21,25H,12-13H2,1-2H3. The van der Waals surface area contributed by atoms with E-state index in [1.807, 2.05) is 54.3 Å². The smallest absolute Gasteiger partial charge is 0.253 e. The van der Waals surface area contributed by atoms with E-state index in [1.165, 1.54) is 5.56 Å². The highest BCUT2D eigenvalue weighted by molar-refractivity contribution is 5.95. The van der Waals surface area contributed by atoms with Crippen LogP contribution in [-0.4, -0.2) is 43.3 Å². The molecule has 0 bridgehead atoms. The zero-order valence-electron chi connectivity index (χ0n) is 15.9. The zero-order valence-corrected chi connectivity index (χ0v) is 15.9. The van der Waals surface area contributed by atoms with Crippen LogP contribution in [0.1, 0.15) is 44.6 Å². The van der Waals surface area contributed by atoms with E-state index in [9.17, 15) is 4.79 Å². The Balaban J connectivity index is 1.46. The SMILES string of the molecule is COC1C=NNC1c1cc(C(=O)N2CC(c3ccc(C#N)cc3)C2)ccc1C. The summed E-state index contributed by atoms with van der Waals surface area (Å²) >= 11 is 0. The molecule has 2 unspecified atom stereocenters. The van der Waals surface area contributed by atoms with Gasteiger partial charge < -0.3 is 9.64 Å². The number of rotatable bonds is 4. The molecule has 2 atom stereocenters. The van der Waals surface area contributed by atoms with Gasteiger partial charge in [-0.15, -0.1) is 0 Å². The summed E-state index contributed by atoms with van der Waals surface area (Å²) in [5, 5.41) is 13.0. The molecule has 2 aromatic rings. The lowest BCUT2D eigenvalue weighted by atomic mass is 9.89. The Labute approximate surface area is 164 Å². The minimum absolute atomic E-state index is 0.0408. The molecule has 4 rings (SSSR count). The Morgan fingerprint density at radius 2 is 2.00 bits per heavy atom. The van der Waals surface area contributed by atoms with Crippen molar-refractivity contribution in [2.45, 2.75) is 25.0 Å². The number of benzene rings is 2. The number of hydrogen-bond donors (Lipinski definition) is 1. The van der Waals surface area contributed by atoms with E-state index in [0.717, 1.165) is 11.1 Å². The summed E-state index contributed by atoms with van der Waals surface area (Å²) in [6.07, 6.45) is 1.60. The van der Waals surface area contributed by atoms with Crippen molar-refractivity contribution in [3.8, 4) is 6.07 Å². The highest BCUT2D eigenvalue weighted by atomic mass is 16.5. The van der Waals surface area contributed by atoms with Gasteiger partial charge in [0, 0.05) is 31.7 Å². The lowest BCUT2D eigenvalue weighted by Crippen LogP contribution is -2.48. The molecule has 1 saturated heterocycles. The lowest BCUT2D eigenvalue weighted by Gasteiger charge is -2.39. The number of aryl methyl sites for hydroxylation is 1. The van der Waals surface area contributed by atoms with E-state index < -0.39 is 0 Å². The average molecular weight is 374 g/mol. The van der Waals surface area contributed by atoms with Crippen LogP contribution in [-0.2, 0) is 4.74 Å². The van der Waals surface area contributed by atoms with E-state index in [-0.39, 0.29) is 18.1 Å². The fraction of sp³-hybridized carbons (Fsp3) is 0.318. The number of hydrazone groups is 1. The summed E-state index contributed by atoms with van der Waals surface area (Å²) in [6.45, 7) is 3.42. The van der Waals surface area contributed by atoms with E-state index in [1.54, 1.807) is 13.3 Å². The maximum absolute atomic E-state index is 12.9. The van der Waals surface area contributed by atoms with Crippen molar-refractivity contribution in [1.29, 1.82) is 5.26 Å². The third-order valence-electron chi connectivity index (χ3n) is 5.58. The summed E-state index contributed by atoms with van der Waals surface area (Å²) in [4.78, 5) is 14.8. The Kier molecular flexibility index (Phi) is 4.84. The molecule has 0 aromatic heterocycles. The summed E-state index contributed by atoms with van der Waals surface area (Å²) in [6, 6.07) is 15.5. The van der Waals surface area contributed by atoms with Crippen LogP contribution in [0.25, 0.3) is 0 Å². The fourth-order valence-electron chi connectivity index (χ4n) is 3.78. The molecule has 1 N–H and O–H groups in total. The van der Waals surface area contributed by atoms with Crippen LogP contribution in [0.4, 0.5) is 0 Å². The Morgan fingerprint density at radius 3 is 2.68 bits per heavy atom. The summed E-state index contributed by atoms with van der Waals surface area (Å²) < 4.78 is 5.47. The quantitative estimate of drug-likeness (QED) is 0.893. The van der Waals surface area contributed by atoms with Gasteiger partial charge in [0.2, 0.25) is 0 Å². The monoisotopic (exact) mass is 374 g/mol. The van der Waals surface area contributed by atoms with Gasteiger partial charge in [0.25, 0.3) is 5.91 Å². The van der Waals surface area contributed by atoms with Gasteiger partial charge in [-0.1, -0.05) is 18.2 Å². The van der Waals surface area contributed by atoms with Gasteiger partial charge in [0.1, 0.15) is 12.1 Å². The van der Waals surface area contributed by atoms with Gasteiger partial charge in [0.15, 0.2) is 0 Å². The van der Waals surface area contributed by atoms with Crippen molar-refractivity contribution in [1.82, 2.24) is 10.3 Å². The van der Waals surface area contributed by atoms with Crippen LogP contribution < -0.4 is 5.43 Å². The number of nitrogens with zero attached hydrogens (tertiary/aromatic N) is 3. The van der Waals surface area contributed by atoms with Crippen LogP contribution in [0.15, 0.2) is 47.6 Å². The first-order valence-corrected chi connectivity index (χ1v) is 9.32. The van der Waals surface area contributed by atoms with Gasteiger partial charge in [0.05, 0.1) is 17.8 Å². The number of likely N-dealkylation sites (tertiary alicyclic amines) is 1. The van der Waals surface area contributed by atoms with Crippen LogP contribution in [0.3, 0.4) is 0 Å². The van der Waals surface area contributed by atoms with Gasteiger partial charge >= 0.3 is 0 Å². The second kappa shape index (κ2) is 7.45. The van der Waals surface area contributed by atoms with Crippen molar-refractivity contribution < 1.29 is 9.53 Å². The minimum atomic E-state index is -0.145. The Morgan fingerprint density at radius 1 is 1.25 bits per heavy atom. The molecule has 0 saturated carbocycles. The number of carbonyl (C=O) groups is 1. The number of amides is 1.